The van der Waals surface area contributed by atoms with Crippen molar-refractivity contribution >= 4 is 5.84 Å². The first-order chi connectivity index (χ1) is 8.65. The van der Waals surface area contributed by atoms with Gasteiger partial charge in [-0.05, 0) is 37.1 Å². The Morgan fingerprint density at radius 2 is 2.17 bits per heavy atom. The minimum Gasteiger partial charge on any atom is -0.409 e. The average Bonchev–Trinajstić information content (AvgIpc) is 3.13. The first-order valence-electron chi connectivity index (χ1n) is 7.33. The van der Waals surface area contributed by atoms with Crippen LogP contribution in [0.3, 0.4) is 0 Å². The van der Waals surface area contributed by atoms with Crippen molar-refractivity contribution in [3.05, 3.63) is 0 Å². The number of hydrogen-bond acceptors (Lipinski definition) is 3. The van der Waals surface area contributed by atoms with Crippen molar-refractivity contribution in [2.75, 3.05) is 13.1 Å². The molecule has 0 aromatic rings. The molecule has 0 spiro atoms. The number of nitrogens with zero attached hydrogens (tertiary/aromatic N) is 1. The lowest BCUT2D eigenvalue weighted by atomic mass is 9.98. The van der Waals surface area contributed by atoms with Crippen LogP contribution >= 0.6 is 0 Å². The number of hydrogen-bond donors (Lipinski definition) is 3. The van der Waals surface area contributed by atoms with E-state index in [1.165, 1.54) is 38.5 Å². The van der Waals surface area contributed by atoms with Crippen LogP contribution in [-0.2, 0) is 0 Å². The maximum atomic E-state index is 8.62. The number of nitrogens with two attached hydrogens (primary N) is 1. The molecule has 0 heterocycles. The topological polar surface area (TPSA) is 70.6 Å². The second-order valence-electron chi connectivity index (χ2n) is 5.82. The van der Waals surface area contributed by atoms with Crippen LogP contribution in [0, 0.1) is 11.3 Å². The van der Waals surface area contributed by atoms with Gasteiger partial charge in [-0.2, -0.15) is 0 Å². The Hall–Kier alpha value is -0.770. The molecular formula is C14H29N3O. The van der Waals surface area contributed by atoms with E-state index in [1.54, 1.807) is 0 Å². The van der Waals surface area contributed by atoms with Gasteiger partial charge in [-0.15, -0.1) is 0 Å². The summed E-state index contributed by atoms with van der Waals surface area (Å²) in [6.07, 6.45) is 8.30. The van der Waals surface area contributed by atoms with Crippen molar-refractivity contribution in [3.8, 4) is 0 Å². The highest BCUT2D eigenvalue weighted by Gasteiger charge is 2.42. The maximum Gasteiger partial charge on any atom is 0.139 e. The fourth-order valence-corrected chi connectivity index (χ4v) is 2.50. The zero-order valence-corrected chi connectivity index (χ0v) is 11.9. The fourth-order valence-electron chi connectivity index (χ4n) is 2.50. The van der Waals surface area contributed by atoms with Gasteiger partial charge in [0.05, 0.1) is 0 Å². The minimum absolute atomic E-state index is 0.277. The molecule has 1 unspecified atom stereocenters. The summed E-state index contributed by atoms with van der Waals surface area (Å²) in [6.45, 7) is 6.63. The quantitative estimate of drug-likeness (QED) is 0.243. The largest absolute Gasteiger partial charge is 0.409 e. The lowest BCUT2D eigenvalue weighted by molar-refractivity contribution is 0.313. The number of nitrogens with one attached hydrogen (secondary N) is 1. The van der Waals surface area contributed by atoms with Gasteiger partial charge in [-0.25, -0.2) is 0 Å². The molecule has 0 amide bonds. The summed E-state index contributed by atoms with van der Waals surface area (Å²) >= 11 is 0. The summed E-state index contributed by atoms with van der Waals surface area (Å²) < 4.78 is 0. The average molecular weight is 255 g/mol. The summed E-state index contributed by atoms with van der Waals surface area (Å²) in [4.78, 5) is 0. The second kappa shape index (κ2) is 7.62. The van der Waals surface area contributed by atoms with E-state index >= 15 is 0 Å². The molecule has 0 bridgehead atoms. The van der Waals surface area contributed by atoms with Gasteiger partial charge in [0.1, 0.15) is 5.84 Å². The molecule has 1 aliphatic rings. The van der Waals surface area contributed by atoms with Crippen LogP contribution in [-0.4, -0.2) is 24.1 Å². The second-order valence-corrected chi connectivity index (χ2v) is 5.82. The van der Waals surface area contributed by atoms with Crippen LogP contribution in [0.4, 0.5) is 0 Å². The SMILES string of the molecule is CCCCC(CC)CNCC1(CC(N)=NO)CC1. The number of unbranched alkanes of at least 4 members (excludes halogenated alkanes) is 1. The van der Waals surface area contributed by atoms with Gasteiger partial charge in [-0.1, -0.05) is 38.3 Å². The Balaban J connectivity index is 2.20. The van der Waals surface area contributed by atoms with Crippen LogP contribution in [0.2, 0.25) is 0 Å². The molecule has 4 nitrogen and oxygen atoms in total. The molecule has 0 aromatic heterocycles. The zero-order valence-electron chi connectivity index (χ0n) is 11.9. The van der Waals surface area contributed by atoms with Crippen molar-refractivity contribution in [3.63, 3.8) is 0 Å². The Kier molecular flexibility index (Phi) is 6.47. The number of rotatable bonds is 10. The van der Waals surface area contributed by atoms with E-state index in [1.807, 2.05) is 0 Å². The highest BCUT2D eigenvalue weighted by atomic mass is 16.4. The van der Waals surface area contributed by atoms with Crippen molar-refractivity contribution in [1.29, 1.82) is 0 Å². The van der Waals surface area contributed by atoms with Gasteiger partial charge >= 0.3 is 0 Å². The summed E-state index contributed by atoms with van der Waals surface area (Å²) in [5.41, 5.74) is 5.87. The molecule has 1 fully saturated rings. The lowest BCUT2D eigenvalue weighted by Crippen LogP contribution is -2.31. The van der Waals surface area contributed by atoms with Crippen LogP contribution in [0.1, 0.15) is 58.8 Å². The lowest BCUT2D eigenvalue weighted by Gasteiger charge is -2.19. The Bertz CT molecular complexity index is 262. The van der Waals surface area contributed by atoms with Gasteiger partial charge in [0, 0.05) is 13.0 Å². The zero-order chi connectivity index (χ0) is 13.4. The smallest absolute Gasteiger partial charge is 0.139 e. The van der Waals surface area contributed by atoms with E-state index in [0.717, 1.165) is 25.4 Å². The molecule has 106 valence electrons. The highest BCUT2D eigenvalue weighted by molar-refractivity contribution is 5.80. The molecule has 1 aliphatic carbocycles. The van der Waals surface area contributed by atoms with Crippen molar-refractivity contribution < 1.29 is 5.21 Å². The van der Waals surface area contributed by atoms with Crippen molar-refractivity contribution in [1.82, 2.24) is 5.32 Å². The third-order valence-corrected chi connectivity index (χ3v) is 4.12. The molecule has 0 aliphatic heterocycles. The molecule has 18 heavy (non-hydrogen) atoms. The van der Waals surface area contributed by atoms with Gasteiger partial charge in [-0.3, -0.25) is 0 Å². The summed E-state index contributed by atoms with van der Waals surface area (Å²) in [5, 5.41) is 15.3. The van der Waals surface area contributed by atoms with Crippen molar-refractivity contribution in [2.45, 2.75) is 58.8 Å². The summed E-state index contributed by atoms with van der Waals surface area (Å²) in [5.74, 6) is 1.16. The van der Waals surface area contributed by atoms with Crippen LogP contribution in [0.15, 0.2) is 5.16 Å². The van der Waals surface area contributed by atoms with E-state index < -0.39 is 0 Å². The highest BCUT2D eigenvalue weighted by Crippen LogP contribution is 2.48. The van der Waals surface area contributed by atoms with Gasteiger partial charge in [0.2, 0.25) is 0 Å². The van der Waals surface area contributed by atoms with Crippen LogP contribution in [0.5, 0.6) is 0 Å². The normalized spacial score (nSPS) is 19.8. The summed E-state index contributed by atoms with van der Waals surface area (Å²) in [7, 11) is 0. The summed E-state index contributed by atoms with van der Waals surface area (Å²) in [6, 6.07) is 0. The molecule has 1 rings (SSSR count). The van der Waals surface area contributed by atoms with E-state index in [4.69, 9.17) is 10.9 Å². The van der Waals surface area contributed by atoms with Crippen LogP contribution < -0.4 is 11.1 Å². The number of amidine groups is 1. The Morgan fingerprint density at radius 3 is 2.67 bits per heavy atom. The predicted molar refractivity (Wildman–Crippen MR) is 75.9 cm³/mol. The van der Waals surface area contributed by atoms with Crippen LogP contribution in [0.25, 0.3) is 0 Å². The molecule has 1 saturated carbocycles. The first kappa shape index (κ1) is 15.3. The third kappa shape index (κ3) is 5.25. The van der Waals surface area contributed by atoms with Gasteiger partial charge in [0.15, 0.2) is 0 Å². The molecular weight excluding hydrogens is 226 g/mol. The maximum absolute atomic E-state index is 8.62. The van der Waals surface area contributed by atoms with Gasteiger partial charge < -0.3 is 16.3 Å². The van der Waals surface area contributed by atoms with E-state index in [9.17, 15) is 0 Å². The predicted octanol–water partition coefficient (Wildman–Crippen LogP) is 2.71. The Labute approximate surface area is 111 Å². The Morgan fingerprint density at radius 1 is 1.44 bits per heavy atom. The number of oxime groups is 1. The molecule has 4 N–H and O–H groups in total. The van der Waals surface area contributed by atoms with Gasteiger partial charge in [0.25, 0.3) is 0 Å². The fraction of sp³-hybridized carbons (Fsp3) is 0.929. The molecule has 4 heteroatoms. The van der Waals surface area contributed by atoms with Crippen molar-refractivity contribution in [2.24, 2.45) is 22.2 Å². The first-order valence-corrected chi connectivity index (χ1v) is 7.33. The van der Waals surface area contributed by atoms with E-state index in [2.05, 4.69) is 24.3 Å². The molecule has 0 radical (unpaired) electrons. The third-order valence-electron chi connectivity index (χ3n) is 4.12. The standard InChI is InChI=1S/C14H29N3O/c1-3-5-6-12(4-2)10-16-11-14(7-8-14)9-13(15)17-18/h12,16,18H,3-11H2,1-2H3,(H2,15,17). The molecule has 0 saturated heterocycles. The van der Waals surface area contributed by atoms with E-state index in [-0.39, 0.29) is 5.41 Å². The van der Waals surface area contributed by atoms with E-state index in [0.29, 0.717) is 5.84 Å². The minimum atomic E-state index is 0.277. The molecule has 1 atom stereocenters. The molecule has 0 aromatic carbocycles. The monoisotopic (exact) mass is 255 g/mol.